The van der Waals surface area contributed by atoms with E-state index in [2.05, 4.69) is 9.97 Å². The van der Waals surface area contributed by atoms with Gasteiger partial charge in [0.2, 0.25) is 0 Å². The van der Waals surface area contributed by atoms with Crippen LogP contribution >= 0.6 is 0 Å². The number of hydrogen-bond donors (Lipinski definition) is 2. The van der Waals surface area contributed by atoms with Crippen molar-refractivity contribution in [2.75, 3.05) is 11.9 Å². The average molecular weight is 414 g/mol. The third-order valence-corrected chi connectivity index (χ3v) is 4.94. The van der Waals surface area contributed by atoms with Crippen molar-refractivity contribution >= 4 is 28.3 Å². The standard InChI is InChI=1S/C24H22N4O3/c1-16-25-22-9-4-3-8-21(22)23(26-16)28(2)19-6-5-7-20(14-19)31-15-17-10-12-18(13-11-17)24(29)27-30/h3-14,30H,15H2,1-2H3,(H,27,29). The molecule has 0 saturated heterocycles. The second-order valence-electron chi connectivity index (χ2n) is 7.09. The summed E-state index contributed by atoms with van der Waals surface area (Å²) in [5, 5.41) is 9.68. The third kappa shape index (κ3) is 4.46. The quantitative estimate of drug-likeness (QED) is 0.359. The van der Waals surface area contributed by atoms with Crippen LogP contribution in [0.4, 0.5) is 11.5 Å². The van der Waals surface area contributed by atoms with Crippen LogP contribution in [0.25, 0.3) is 10.9 Å². The Morgan fingerprint density at radius 1 is 1.03 bits per heavy atom. The number of aryl methyl sites for hydroxylation is 1. The molecule has 0 unspecified atom stereocenters. The Labute approximate surface area is 179 Å². The molecule has 0 saturated carbocycles. The fraction of sp³-hybridized carbons (Fsp3) is 0.125. The summed E-state index contributed by atoms with van der Waals surface area (Å²) in [5.74, 6) is 1.72. The highest BCUT2D eigenvalue weighted by molar-refractivity contribution is 5.93. The summed E-state index contributed by atoms with van der Waals surface area (Å²) < 4.78 is 5.95. The molecule has 0 radical (unpaired) electrons. The largest absolute Gasteiger partial charge is 0.489 e. The number of para-hydroxylation sites is 1. The maximum absolute atomic E-state index is 11.4. The molecular weight excluding hydrogens is 392 g/mol. The SMILES string of the molecule is Cc1nc(N(C)c2cccc(OCc3ccc(C(=O)NO)cc3)c2)c2ccccc2n1. The van der Waals surface area contributed by atoms with E-state index in [-0.39, 0.29) is 0 Å². The number of ether oxygens (including phenoxy) is 1. The van der Waals surface area contributed by atoms with Gasteiger partial charge in [-0.05, 0) is 48.9 Å². The molecule has 0 spiro atoms. The lowest BCUT2D eigenvalue weighted by molar-refractivity contribution is 0.0706. The fourth-order valence-corrected chi connectivity index (χ4v) is 3.32. The van der Waals surface area contributed by atoms with Crippen molar-refractivity contribution in [2.24, 2.45) is 0 Å². The first-order valence-electron chi connectivity index (χ1n) is 9.78. The van der Waals surface area contributed by atoms with E-state index in [4.69, 9.17) is 9.94 Å². The van der Waals surface area contributed by atoms with Gasteiger partial charge < -0.3 is 9.64 Å². The number of nitrogens with one attached hydrogen (secondary N) is 1. The van der Waals surface area contributed by atoms with E-state index < -0.39 is 5.91 Å². The van der Waals surface area contributed by atoms with Gasteiger partial charge in [0.15, 0.2) is 0 Å². The molecule has 0 fully saturated rings. The lowest BCUT2D eigenvalue weighted by atomic mass is 10.1. The molecule has 31 heavy (non-hydrogen) atoms. The van der Waals surface area contributed by atoms with Gasteiger partial charge in [0.05, 0.1) is 5.52 Å². The molecule has 0 aliphatic heterocycles. The van der Waals surface area contributed by atoms with E-state index in [1.54, 1.807) is 29.7 Å². The smallest absolute Gasteiger partial charge is 0.274 e. The molecule has 7 nitrogen and oxygen atoms in total. The summed E-state index contributed by atoms with van der Waals surface area (Å²) in [6.07, 6.45) is 0. The number of fused-ring (bicyclic) bond motifs is 1. The van der Waals surface area contributed by atoms with Crippen LogP contribution in [0.5, 0.6) is 5.75 Å². The zero-order chi connectivity index (χ0) is 21.8. The molecule has 3 aromatic carbocycles. The molecule has 7 heteroatoms. The number of aromatic nitrogens is 2. The minimum absolute atomic E-state index is 0.351. The molecule has 1 aromatic heterocycles. The summed E-state index contributed by atoms with van der Waals surface area (Å²) in [4.78, 5) is 22.6. The predicted octanol–water partition coefficient (Wildman–Crippen LogP) is 4.40. The predicted molar refractivity (Wildman–Crippen MR) is 119 cm³/mol. The molecule has 2 N–H and O–H groups in total. The van der Waals surface area contributed by atoms with Gasteiger partial charge in [0.25, 0.3) is 5.91 Å². The molecule has 0 aliphatic rings. The van der Waals surface area contributed by atoms with Gasteiger partial charge in [-0.15, -0.1) is 0 Å². The Morgan fingerprint density at radius 2 is 1.81 bits per heavy atom. The number of rotatable bonds is 6. The maximum atomic E-state index is 11.4. The Kier molecular flexibility index (Phi) is 5.77. The second kappa shape index (κ2) is 8.81. The molecule has 1 amide bonds. The van der Waals surface area contributed by atoms with E-state index in [9.17, 15) is 4.79 Å². The van der Waals surface area contributed by atoms with Crippen LogP contribution in [-0.4, -0.2) is 28.1 Å². The molecule has 1 heterocycles. The molecule has 0 aliphatic carbocycles. The minimum Gasteiger partial charge on any atom is -0.489 e. The van der Waals surface area contributed by atoms with Gasteiger partial charge in [-0.2, -0.15) is 0 Å². The van der Waals surface area contributed by atoms with Crippen LogP contribution in [0.3, 0.4) is 0 Å². The number of nitrogens with zero attached hydrogens (tertiary/aromatic N) is 3. The fourth-order valence-electron chi connectivity index (χ4n) is 3.32. The first-order chi connectivity index (χ1) is 15.0. The van der Waals surface area contributed by atoms with Gasteiger partial charge >= 0.3 is 0 Å². The van der Waals surface area contributed by atoms with Crippen LogP contribution in [-0.2, 0) is 6.61 Å². The van der Waals surface area contributed by atoms with Gasteiger partial charge in [-0.3, -0.25) is 10.0 Å². The van der Waals surface area contributed by atoms with Crippen molar-refractivity contribution in [1.82, 2.24) is 15.4 Å². The molecule has 0 atom stereocenters. The highest BCUT2D eigenvalue weighted by Gasteiger charge is 2.12. The number of hydroxylamine groups is 1. The highest BCUT2D eigenvalue weighted by Crippen LogP contribution is 2.30. The van der Waals surface area contributed by atoms with Crippen LogP contribution in [0.15, 0.2) is 72.8 Å². The van der Waals surface area contributed by atoms with Crippen LogP contribution in [0.2, 0.25) is 0 Å². The highest BCUT2D eigenvalue weighted by atomic mass is 16.5. The third-order valence-electron chi connectivity index (χ3n) is 4.94. The lowest BCUT2D eigenvalue weighted by Crippen LogP contribution is -2.18. The lowest BCUT2D eigenvalue weighted by Gasteiger charge is -2.21. The normalized spacial score (nSPS) is 10.7. The van der Waals surface area contributed by atoms with E-state index >= 15 is 0 Å². The Morgan fingerprint density at radius 3 is 2.58 bits per heavy atom. The van der Waals surface area contributed by atoms with E-state index in [1.807, 2.05) is 67.4 Å². The number of benzene rings is 3. The number of hydrogen-bond acceptors (Lipinski definition) is 6. The Hall–Kier alpha value is -3.97. The van der Waals surface area contributed by atoms with Crippen molar-refractivity contribution in [1.29, 1.82) is 0 Å². The summed E-state index contributed by atoms with van der Waals surface area (Å²) in [7, 11) is 1.97. The molecule has 0 bridgehead atoms. The van der Waals surface area contributed by atoms with Crippen LogP contribution < -0.4 is 15.1 Å². The molecule has 156 valence electrons. The van der Waals surface area contributed by atoms with E-state index in [0.717, 1.165) is 33.7 Å². The van der Waals surface area contributed by atoms with Crippen LogP contribution in [0.1, 0.15) is 21.7 Å². The Bertz CT molecular complexity index is 1230. The van der Waals surface area contributed by atoms with Crippen molar-refractivity contribution < 1.29 is 14.7 Å². The van der Waals surface area contributed by atoms with Gasteiger partial charge in [0, 0.05) is 29.8 Å². The maximum Gasteiger partial charge on any atom is 0.274 e. The topological polar surface area (TPSA) is 87.6 Å². The zero-order valence-electron chi connectivity index (χ0n) is 17.2. The first-order valence-corrected chi connectivity index (χ1v) is 9.78. The summed E-state index contributed by atoms with van der Waals surface area (Å²) in [5.41, 5.74) is 4.75. The van der Waals surface area contributed by atoms with Crippen molar-refractivity contribution in [3.05, 3.63) is 89.7 Å². The van der Waals surface area contributed by atoms with Crippen molar-refractivity contribution in [3.8, 4) is 5.75 Å². The summed E-state index contributed by atoms with van der Waals surface area (Å²) in [6, 6.07) is 22.6. The molecular formula is C24H22N4O3. The first kappa shape index (κ1) is 20.3. The molecule has 4 aromatic rings. The second-order valence-corrected chi connectivity index (χ2v) is 7.09. The number of carbonyl (C=O) groups excluding carboxylic acids is 1. The van der Waals surface area contributed by atoms with Gasteiger partial charge in [-0.1, -0.05) is 30.3 Å². The van der Waals surface area contributed by atoms with Gasteiger partial charge in [0.1, 0.15) is 24.0 Å². The summed E-state index contributed by atoms with van der Waals surface area (Å²) >= 11 is 0. The summed E-state index contributed by atoms with van der Waals surface area (Å²) in [6.45, 7) is 2.24. The molecule has 4 rings (SSSR count). The number of anilines is 2. The van der Waals surface area contributed by atoms with E-state index in [0.29, 0.717) is 18.0 Å². The van der Waals surface area contributed by atoms with Gasteiger partial charge in [-0.25, -0.2) is 15.4 Å². The number of carbonyl (C=O) groups is 1. The van der Waals surface area contributed by atoms with E-state index in [1.165, 1.54) is 0 Å². The van der Waals surface area contributed by atoms with Crippen LogP contribution in [0, 0.1) is 6.92 Å². The average Bonchev–Trinajstić information content (AvgIpc) is 2.81. The Balaban J connectivity index is 1.53. The minimum atomic E-state index is -0.546. The number of amides is 1. The van der Waals surface area contributed by atoms with Crippen molar-refractivity contribution in [3.63, 3.8) is 0 Å². The van der Waals surface area contributed by atoms with Crippen molar-refractivity contribution in [2.45, 2.75) is 13.5 Å². The zero-order valence-corrected chi connectivity index (χ0v) is 17.2. The monoisotopic (exact) mass is 414 g/mol.